The van der Waals surface area contributed by atoms with Crippen LogP contribution in [-0.4, -0.2) is 5.78 Å². The summed E-state index contributed by atoms with van der Waals surface area (Å²) in [6.07, 6.45) is 0. The zero-order valence-electron chi connectivity index (χ0n) is 6.92. The number of ketones is 1. The van der Waals surface area contributed by atoms with Gasteiger partial charge < -0.3 is 0 Å². The second-order valence-corrected chi connectivity index (χ2v) is 3.21. The number of hydrogen-bond donors (Lipinski definition) is 0. The van der Waals surface area contributed by atoms with Gasteiger partial charge in [0.05, 0.1) is 5.41 Å². The minimum absolute atomic E-state index is 0.948. The van der Waals surface area contributed by atoms with Crippen molar-refractivity contribution in [3.8, 4) is 0 Å². The maximum atomic E-state index is 12.9. The van der Waals surface area contributed by atoms with Gasteiger partial charge in [0.25, 0.3) is 5.78 Å². The molecule has 0 aliphatic heterocycles. The standard InChI is InChI=1S/C8H6F4O/c1-8(2)6(11)3(9)5(13)4(10)7(8)12/h1-2H3. The van der Waals surface area contributed by atoms with Crippen LogP contribution in [0.1, 0.15) is 13.8 Å². The largest absolute Gasteiger partial charge is 0.283 e. The smallest absolute Gasteiger partial charge is 0.255 e. The highest BCUT2D eigenvalue weighted by Crippen LogP contribution is 2.44. The van der Waals surface area contributed by atoms with Crippen LogP contribution in [0.5, 0.6) is 0 Å². The maximum absolute atomic E-state index is 12.9. The van der Waals surface area contributed by atoms with Crippen LogP contribution >= 0.6 is 0 Å². The molecule has 1 nitrogen and oxygen atoms in total. The highest BCUT2D eigenvalue weighted by molar-refractivity contribution is 6.07. The normalized spacial score (nSPS) is 22.8. The average molecular weight is 194 g/mol. The van der Waals surface area contributed by atoms with Crippen LogP contribution in [0, 0.1) is 5.41 Å². The zero-order chi connectivity index (χ0) is 10.4. The molecular weight excluding hydrogens is 188 g/mol. The fourth-order valence-corrected chi connectivity index (χ4v) is 0.941. The molecule has 1 rings (SSSR count). The van der Waals surface area contributed by atoms with E-state index in [1.54, 1.807) is 0 Å². The quantitative estimate of drug-likeness (QED) is 0.542. The highest BCUT2D eigenvalue weighted by Gasteiger charge is 2.43. The summed E-state index contributed by atoms with van der Waals surface area (Å²) in [6.45, 7) is 1.90. The molecule has 0 amide bonds. The highest BCUT2D eigenvalue weighted by atomic mass is 19.2. The van der Waals surface area contributed by atoms with Gasteiger partial charge in [-0.2, -0.15) is 8.78 Å². The number of rotatable bonds is 0. The molecule has 0 bridgehead atoms. The molecule has 13 heavy (non-hydrogen) atoms. The lowest BCUT2D eigenvalue weighted by Crippen LogP contribution is -2.24. The van der Waals surface area contributed by atoms with Gasteiger partial charge in [-0.15, -0.1) is 0 Å². The Hall–Kier alpha value is -1.13. The van der Waals surface area contributed by atoms with Gasteiger partial charge in [-0.3, -0.25) is 4.79 Å². The first kappa shape index (κ1) is 9.95. The molecule has 0 aromatic carbocycles. The van der Waals surface area contributed by atoms with E-state index in [0.29, 0.717) is 0 Å². The molecule has 5 heteroatoms. The van der Waals surface area contributed by atoms with Crippen molar-refractivity contribution in [1.82, 2.24) is 0 Å². The molecule has 0 radical (unpaired) electrons. The van der Waals surface area contributed by atoms with E-state index < -0.39 is 34.5 Å². The summed E-state index contributed by atoms with van der Waals surface area (Å²) in [5.41, 5.74) is -2.03. The minimum atomic E-state index is -2.03. The van der Waals surface area contributed by atoms with E-state index in [-0.39, 0.29) is 0 Å². The van der Waals surface area contributed by atoms with Crippen LogP contribution in [0.3, 0.4) is 0 Å². The van der Waals surface area contributed by atoms with Crippen molar-refractivity contribution in [2.24, 2.45) is 5.41 Å². The van der Waals surface area contributed by atoms with Gasteiger partial charge in [-0.05, 0) is 13.8 Å². The van der Waals surface area contributed by atoms with Crippen LogP contribution < -0.4 is 0 Å². The zero-order valence-corrected chi connectivity index (χ0v) is 6.92. The first-order chi connectivity index (χ1) is 5.80. The molecule has 0 atom stereocenters. The predicted octanol–water partition coefficient (Wildman–Crippen LogP) is 2.90. The Labute approximate surface area is 71.7 Å². The summed E-state index contributed by atoms with van der Waals surface area (Å²) in [5, 5.41) is 0. The first-order valence-electron chi connectivity index (χ1n) is 3.46. The number of Topliss-reactive ketones (excluding diaryl/α,β-unsaturated/α-hetero) is 1. The van der Waals surface area contributed by atoms with Gasteiger partial charge in [-0.25, -0.2) is 8.78 Å². The monoisotopic (exact) mass is 194 g/mol. The van der Waals surface area contributed by atoms with Gasteiger partial charge in [0.2, 0.25) is 11.7 Å². The lowest BCUT2D eigenvalue weighted by Gasteiger charge is -2.24. The van der Waals surface area contributed by atoms with Gasteiger partial charge >= 0.3 is 0 Å². The summed E-state index contributed by atoms with van der Waals surface area (Å²) >= 11 is 0. The number of allylic oxidation sites excluding steroid dienone is 4. The maximum Gasteiger partial charge on any atom is 0.255 e. The van der Waals surface area contributed by atoms with Crippen molar-refractivity contribution in [3.05, 3.63) is 23.3 Å². The van der Waals surface area contributed by atoms with E-state index in [4.69, 9.17) is 0 Å². The van der Waals surface area contributed by atoms with Crippen LogP contribution in [0.25, 0.3) is 0 Å². The van der Waals surface area contributed by atoms with Crippen molar-refractivity contribution in [1.29, 1.82) is 0 Å². The van der Waals surface area contributed by atoms with Crippen LogP contribution in [0.2, 0.25) is 0 Å². The van der Waals surface area contributed by atoms with Crippen molar-refractivity contribution < 1.29 is 22.4 Å². The molecule has 72 valence electrons. The van der Waals surface area contributed by atoms with E-state index in [0.717, 1.165) is 13.8 Å². The first-order valence-corrected chi connectivity index (χ1v) is 3.46. The molecule has 0 aromatic heterocycles. The Morgan fingerprint density at radius 2 is 1.23 bits per heavy atom. The van der Waals surface area contributed by atoms with Gasteiger partial charge in [0.15, 0.2) is 11.7 Å². The number of carbonyl (C=O) groups excluding carboxylic acids is 1. The fraction of sp³-hybridized carbons (Fsp3) is 0.375. The van der Waals surface area contributed by atoms with Crippen molar-refractivity contribution >= 4 is 5.78 Å². The number of hydrogen-bond acceptors (Lipinski definition) is 1. The Kier molecular flexibility index (Phi) is 2.05. The van der Waals surface area contributed by atoms with E-state index in [2.05, 4.69) is 0 Å². The molecule has 0 saturated heterocycles. The third kappa shape index (κ3) is 1.18. The van der Waals surface area contributed by atoms with Gasteiger partial charge in [0.1, 0.15) is 0 Å². The van der Waals surface area contributed by atoms with Crippen molar-refractivity contribution in [2.45, 2.75) is 13.8 Å². The molecule has 0 N–H and O–H groups in total. The van der Waals surface area contributed by atoms with Gasteiger partial charge in [0, 0.05) is 0 Å². The molecule has 0 saturated carbocycles. The second-order valence-electron chi connectivity index (χ2n) is 3.21. The minimum Gasteiger partial charge on any atom is -0.283 e. The van der Waals surface area contributed by atoms with Crippen molar-refractivity contribution in [2.75, 3.05) is 0 Å². The molecule has 0 spiro atoms. The number of carbonyl (C=O) groups is 1. The van der Waals surface area contributed by atoms with Crippen LogP contribution in [0.4, 0.5) is 17.6 Å². The summed E-state index contributed by atoms with van der Waals surface area (Å²) in [6, 6.07) is 0. The summed E-state index contributed by atoms with van der Waals surface area (Å²) in [7, 11) is 0. The van der Waals surface area contributed by atoms with E-state index in [9.17, 15) is 22.4 Å². The third-order valence-electron chi connectivity index (χ3n) is 1.88. The molecular formula is C8H6F4O. The molecule has 1 aliphatic rings. The molecule has 0 unspecified atom stereocenters. The predicted molar refractivity (Wildman–Crippen MR) is 37.3 cm³/mol. The van der Waals surface area contributed by atoms with Crippen LogP contribution in [0.15, 0.2) is 23.3 Å². The number of halogens is 4. The SMILES string of the molecule is CC1(C)C(F)=C(F)C(=O)C(F)=C1F. The molecule has 0 fully saturated rings. The molecule has 1 aliphatic carbocycles. The summed E-state index contributed by atoms with van der Waals surface area (Å²) in [4.78, 5) is 10.5. The molecule has 0 heterocycles. The Balaban J connectivity index is 3.39. The van der Waals surface area contributed by atoms with E-state index in [1.165, 1.54) is 0 Å². The second kappa shape index (κ2) is 2.68. The van der Waals surface area contributed by atoms with Gasteiger partial charge in [-0.1, -0.05) is 0 Å². The topological polar surface area (TPSA) is 17.1 Å². The third-order valence-corrected chi connectivity index (χ3v) is 1.88. The average Bonchev–Trinajstić information content (AvgIpc) is 2.09. The fourth-order valence-electron chi connectivity index (χ4n) is 0.941. The summed E-state index contributed by atoms with van der Waals surface area (Å²) < 4.78 is 51.0. The lowest BCUT2D eigenvalue weighted by atomic mass is 9.84. The van der Waals surface area contributed by atoms with E-state index in [1.807, 2.05) is 0 Å². The van der Waals surface area contributed by atoms with Crippen LogP contribution in [-0.2, 0) is 4.79 Å². The van der Waals surface area contributed by atoms with Crippen molar-refractivity contribution in [3.63, 3.8) is 0 Å². The molecule has 0 aromatic rings. The Morgan fingerprint density at radius 3 is 1.54 bits per heavy atom. The Morgan fingerprint density at radius 1 is 0.923 bits per heavy atom. The van der Waals surface area contributed by atoms with E-state index >= 15 is 0 Å². The summed E-state index contributed by atoms with van der Waals surface area (Å²) in [5.74, 6) is -8.73. The lowest BCUT2D eigenvalue weighted by molar-refractivity contribution is -0.115. The Bertz CT molecular complexity index is 308.